The summed E-state index contributed by atoms with van der Waals surface area (Å²) < 4.78 is 50.9. The van der Waals surface area contributed by atoms with Crippen molar-refractivity contribution in [3.63, 3.8) is 0 Å². The van der Waals surface area contributed by atoms with Crippen LogP contribution in [-0.4, -0.2) is 6.03 Å². The predicted octanol–water partition coefficient (Wildman–Crippen LogP) is 5.01. The van der Waals surface area contributed by atoms with Crippen LogP contribution in [0.25, 0.3) is 0 Å². The van der Waals surface area contributed by atoms with Crippen LogP contribution in [0.5, 0.6) is 0 Å². The van der Waals surface area contributed by atoms with E-state index in [2.05, 4.69) is 10.6 Å². The molecule has 0 saturated heterocycles. The molecule has 0 aliphatic carbocycles. The van der Waals surface area contributed by atoms with E-state index in [0.717, 1.165) is 24.3 Å². The van der Waals surface area contributed by atoms with E-state index >= 15 is 0 Å². The molecule has 0 bridgehead atoms. The second-order valence-corrected chi connectivity index (χ2v) is 5.02. The highest BCUT2D eigenvalue weighted by atomic mass is 35.5. The summed E-state index contributed by atoms with van der Waals surface area (Å²) in [6.45, 7) is 0. The average molecular weight is 358 g/mol. The van der Waals surface area contributed by atoms with Gasteiger partial charge >= 0.3 is 12.2 Å². The SMILES string of the molecule is N#Cc1cc(F)cc(NC(=O)Nc2ccc(C(F)(F)F)cc2Cl)c1. The van der Waals surface area contributed by atoms with Crippen LogP contribution >= 0.6 is 11.6 Å². The molecular formula is C15H8ClF4N3O. The Bertz CT molecular complexity index is 830. The number of nitriles is 1. The van der Waals surface area contributed by atoms with Crippen molar-refractivity contribution < 1.29 is 22.4 Å². The molecule has 2 rings (SSSR count). The monoisotopic (exact) mass is 357 g/mol. The zero-order valence-corrected chi connectivity index (χ0v) is 12.5. The van der Waals surface area contributed by atoms with Crippen molar-refractivity contribution in [2.75, 3.05) is 10.6 Å². The molecule has 4 nitrogen and oxygen atoms in total. The van der Waals surface area contributed by atoms with Crippen molar-refractivity contribution in [1.82, 2.24) is 0 Å². The fourth-order valence-corrected chi connectivity index (χ4v) is 2.03. The molecule has 124 valence electrons. The van der Waals surface area contributed by atoms with Gasteiger partial charge in [0.25, 0.3) is 0 Å². The Hall–Kier alpha value is -2.79. The summed E-state index contributed by atoms with van der Waals surface area (Å²) in [4.78, 5) is 11.8. The molecule has 0 aliphatic heterocycles. The van der Waals surface area contributed by atoms with Crippen molar-refractivity contribution in [1.29, 1.82) is 5.26 Å². The van der Waals surface area contributed by atoms with Gasteiger partial charge < -0.3 is 10.6 Å². The smallest absolute Gasteiger partial charge is 0.308 e. The van der Waals surface area contributed by atoms with E-state index in [4.69, 9.17) is 16.9 Å². The first kappa shape index (κ1) is 17.6. The second-order valence-electron chi connectivity index (χ2n) is 4.61. The first-order chi connectivity index (χ1) is 11.2. The maximum absolute atomic E-state index is 13.3. The molecule has 0 saturated carbocycles. The molecule has 0 fully saturated rings. The zero-order valence-electron chi connectivity index (χ0n) is 11.7. The number of hydrogen-bond acceptors (Lipinski definition) is 2. The average Bonchev–Trinajstić information content (AvgIpc) is 2.47. The Morgan fingerprint density at radius 3 is 2.42 bits per heavy atom. The van der Waals surface area contributed by atoms with E-state index in [1.165, 1.54) is 6.07 Å². The highest BCUT2D eigenvalue weighted by molar-refractivity contribution is 6.33. The normalized spacial score (nSPS) is 10.8. The molecular weight excluding hydrogens is 350 g/mol. The molecule has 2 amide bonds. The summed E-state index contributed by atoms with van der Waals surface area (Å²) in [6, 6.07) is 6.49. The molecule has 0 aliphatic rings. The van der Waals surface area contributed by atoms with Gasteiger partial charge in [-0.15, -0.1) is 0 Å². The Balaban J connectivity index is 2.13. The van der Waals surface area contributed by atoms with Gasteiger partial charge in [-0.05, 0) is 36.4 Å². The number of carbonyl (C=O) groups is 1. The summed E-state index contributed by atoms with van der Waals surface area (Å²) in [5.41, 5.74) is -1.01. The van der Waals surface area contributed by atoms with Gasteiger partial charge in [0.05, 0.1) is 27.9 Å². The van der Waals surface area contributed by atoms with E-state index in [-0.39, 0.29) is 22.0 Å². The number of carbonyl (C=O) groups excluding carboxylic acids is 1. The summed E-state index contributed by atoms with van der Waals surface area (Å²) in [5, 5.41) is 12.9. The van der Waals surface area contributed by atoms with Gasteiger partial charge in [-0.2, -0.15) is 18.4 Å². The third-order valence-corrected chi connectivity index (χ3v) is 3.14. The van der Waals surface area contributed by atoms with Crippen LogP contribution < -0.4 is 10.6 Å². The molecule has 0 radical (unpaired) electrons. The van der Waals surface area contributed by atoms with Crippen molar-refractivity contribution in [3.8, 4) is 6.07 Å². The molecule has 9 heteroatoms. The van der Waals surface area contributed by atoms with E-state index in [0.29, 0.717) is 6.07 Å². The summed E-state index contributed by atoms with van der Waals surface area (Å²) in [7, 11) is 0. The first-order valence-electron chi connectivity index (χ1n) is 6.34. The maximum Gasteiger partial charge on any atom is 0.416 e. The molecule has 0 atom stereocenters. The third-order valence-electron chi connectivity index (χ3n) is 2.83. The van der Waals surface area contributed by atoms with Gasteiger partial charge in [0, 0.05) is 5.69 Å². The third kappa shape index (κ3) is 4.36. The van der Waals surface area contributed by atoms with Gasteiger partial charge in [0.2, 0.25) is 0 Å². The quantitative estimate of drug-likeness (QED) is 0.742. The number of rotatable bonds is 2. The lowest BCUT2D eigenvalue weighted by atomic mass is 10.2. The predicted molar refractivity (Wildman–Crippen MR) is 80.2 cm³/mol. The van der Waals surface area contributed by atoms with E-state index in [1.807, 2.05) is 0 Å². The molecule has 2 aromatic rings. The largest absolute Gasteiger partial charge is 0.416 e. The van der Waals surface area contributed by atoms with Crippen molar-refractivity contribution in [2.45, 2.75) is 6.18 Å². The van der Waals surface area contributed by atoms with Gasteiger partial charge in [-0.25, -0.2) is 9.18 Å². The highest BCUT2D eigenvalue weighted by Gasteiger charge is 2.31. The zero-order chi connectivity index (χ0) is 17.9. The number of hydrogen-bond donors (Lipinski definition) is 2. The minimum atomic E-state index is -4.56. The minimum Gasteiger partial charge on any atom is -0.308 e. The van der Waals surface area contributed by atoms with Crippen LogP contribution in [0.4, 0.5) is 33.7 Å². The number of urea groups is 1. The van der Waals surface area contributed by atoms with Crippen LogP contribution in [0.1, 0.15) is 11.1 Å². The van der Waals surface area contributed by atoms with Gasteiger partial charge in [-0.1, -0.05) is 11.6 Å². The number of anilines is 2. The maximum atomic E-state index is 13.3. The molecule has 24 heavy (non-hydrogen) atoms. The van der Waals surface area contributed by atoms with Crippen LogP contribution in [0.3, 0.4) is 0 Å². The minimum absolute atomic E-state index is 0.00198. The number of halogens is 5. The molecule has 0 spiro atoms. The molecule has 2 aromatic carbocycles. The summed E-state index contributed by atoms with van der Waals surface area (Å²) in [5.74, 6) is -0.725. The van der Waals surface area contributed by atoms with Crippen molar-refractivity contribution in [2.24, 2.45) is 0 Å². The number of nitrogens with zero attached hydrogens (tertiary/aromatic N) is 1. The molecule has 2 N–H and O–H groups in total. The van der Waals surface area contributed by atoms with E-state index in [1.54, 1.807) is 6.07 Å². The number of amides is 2. The Labute approximate surface area is 138 Å². The fraction of sp³-hybridized carbons (Fsp3) is 0.0667. The molecule has 0 unspecified atom stereocenters. The topological polar surface area (TPSA) is 64.9 Å². The van der Waals surface area contributed by atoms with E-state index in [9.17, 15) is 22.4 Å². The van der Waals surface area contributed by atoms with Gasteiger partial charge in [-0.3, -0.25) is 0 Å². The Morgan fingerprint density at radius 1 is 1.12 bits per heavy atom. The van der Waals surface area contributed by atoms with Crippen molar-refractivity contribution in [3.05, 3.63) is 58.4 Å². The number of nitrogens with one attached hydrogen (secondary N) is 2. The lowest BCUT2D eigenvalue weighted by Gasteiger charge is -2.12. The van der Waals surface area contributed by atoms with Gasteiger partial charge in [0.15, 0.2) is 0 Å². The molecule has 0 heterocycles. The fourth-order valence-electron chi connectivity index (χ4n) is 1.80. The lowest BCUT2D eigenvalue weighted by Crippen LogP contribution is -2.20. The summed E-state index contributed by atoms with van der Waals surface area (Å²) in [6.07, 6.45) is -4.56. The van der Waals surface area contributed by atoms with Crippen LogP contribution in [-0.2, 0) is 6.18 Å². The Kier molecular flexibility index (Phi) is 4.95. The van der Waals surface area contributed by atoms with E-state index < -0.39 is 23.6 Å². The number of alkyl halides is 3. The lowest BCUT2D eigenvalue weighted by molar-refractivity contribution is -0.137. The van der Waals surface area contributed by atoms with Crippen LogP contribution in [0.2, 0.25) is 5.02 Å². The Morgan fingerprint density at radius 2 is 1.83 bits per heavy atom. The standard InChI is InChI=1S/C15H8ClF4N3O/c16-12-5-9(15(18,19)20)1-2-13(12)23-14(24)22-11-4-8(7-21)3-10(17)6-11/h1-6H,(H2,22,23,24). The second kappa shape index (κ2) is 6.76. The van der Waals surface area contributed by atoms with Crippen LogP contribution in [0.15, 0.2) is 36.4 Å². The highest BCUT2D eigenvalue weighted by Crippen LogP contribution is 2.33. The summed E-state index contributed by atoms with van der Waals surface area (Å²) >= 11 is 5.71. The van der Waals surface area contributed by atoms with Crippen molar-refractivity contribution >= 4 is 29.0 Å². The van der Waals surface area contributed by atoms with Crippen LogP contribution in [0, 0.1) is 17.1 Å². The molecule has 0 aromatic heterocycles. The first-order valence-corrected chi connectivity index (χ1v) is 6.72. The van der Waals surface area contributed by atoms with Gasteiger partial charge in [0.1, 0.15) is 5.82 Å². The number of benzene rings is 2.